The predicted molar refractivity (Wildman–Crippen MR) is 84.1 cm³/mol. The third kappa shape index (κ3) is 3.23. The first-order chi connectivity index (χ1) is 10.0. The summed E-state index contributed by atoms with van der Waals surface area (Å²) in [5, 5.41) is 12.7. The molecule has 1 amide bonds. The Bertz CT molecular complexity index is 525. The van der Waals surface area contributed by atoms with Crippen LogP contribution in [0.1, 0.15) is 12.8 Å². The van der Waals surface area contributed by atoms with Gasteiger partial charge in [-0.1, -0.05) is 11.8 Å². The number of hydrogen-bond donors (Lipinski definition) is 2. The van der Waals surface area contributed by atoms with Gasteiger partial charge in [0.15, 0.2) is 5.78 Å². The Labute approximate surface area is 135 Å². The van der Waals surface area contributed by atoms with Crippen LogP contribution in [-0.2, 0) is 9.59 Å². The van der Waals surface area contributed by atoms with Crippen molar-refractivity contribution in [3.05, 3.63) is 9.89 Å². The quantitative estimate of drug-likeness (QED) is 0.748. The lowest BCUT2D eigenvalue weighted by Gasteiger charge is -2.27. The Balaban J connectivity index is 1.59. The van der Waals surface area contributed by atoms with Crippen LogP contribution < -0.4 is 5.32 Å². The lowest BCUT2D eigenvalue weighted by Crippen LogP contribution is -2.45. The number of aliphatic imine (C=N–C) groups is 1. The van der Waals surface area contributed by atoms with E-state index in [-0.39, 0.29) is 42.0 Å². The maximum Gasteiger partial charge on any atom is 0.238 e. The van der Waals surface area contributed by atoms with Gasteiger partial charge in [0.2, 0.25) is 5.91 Å². The molecule has 0 aromatic rings. The summed E-state index contributed by atoms with van der Waals surface area (Å²) in [6.07, 6.45) is 3.73. The minimum absolute atomic E-state index is 0.0204. The van der Waals surface area contributed by atoms with Gasteiger partial charge in [-0.05, 0) is 35.0 Å². The lowest BCUT2D eigenvalue weighted by atomic mass is 10.0. The summed E-state index contributed by atoms with van der Waals surface area (Å²) in [5.41, 5.74) is 0. The van der Waals surface area contributed by atoms with Crippen LogP contribution in [0.5, 0.6) is 0 Å². The number of fused-ring (bicyclic) bond motifs is 1. The van der Waals surface area contributed by atoms with E-state index in [9.17, 15) is 14.7 Å². The molecule has 3 rings (SSSR count). The van der Waals surface area contributed by atoms with Crippen molar-refractivity contribution in [2.24, 2.45) is 10.9 Å². The van der Waals surface area contributed by atoms with Crippen molar-refractivity contribution in [2.75, 3.05) is 13.1 Å². The molecule has 1 fully saturated rings. The van der Waals surface area contributed by atoms with Crippen LogP contribution in [0.15, 0.2) is 14.9 Å². The molecule has 3 heterocycles. The molecule has 114 valence electrons. The number of carbonyl (C=O) groups excluding carboxylic acids is 2. The third-order valence-electron chi connectivity index (χ3n) is 3.88. The Morgan fingerprint density at radius 2 is 2.43 bits per heavy atom. The van der Waals surface area contributed by atoms with Crippen LogP contribution in [0.25, 0.3) is 0 Å². The number of ketones is 1. The Morgan fingerprint density at radius 3 is 3.14 bits per heavy atom. The van der Waals surface area contributed by atoms with Crippen molar-refractivity contribution in [1.29, 1.82) is 0 Å². The molecule has 0 aromatic carbocycles. The molecule has 0 aliphatic carbocycles. The van der Waals surface area contributed by atoms with E-state index in [2.05, 4.69) is 26.2 Å². The van der Waals surface area contributed by atoms with Gasteiger partial charge in [0.25, 0.3) is 0 Å². The molecule has 3 aliphatic rings. The predicted octanol–water partition coefficient (Wildman–Crippen LogP) is 0.464. The van der Waals surface area contributed by atoms with Gasteiger partial charge < -0.3 is 10.4 Å². The lowest BCUT2D eigenvalue weighted by molar-refractivity contribution is -0.134. The molecule has 8 heteroatoms. The number of thioether (sulfide) groups is 1. The third-order valence-corrected chi connectivity index (χ3v) is 5.72. The van der Waals surface area contributed by atoms with Crippen molar-refractivity contribution < 1.29 is 14.7 Å². The smallest absolute Gasteiger partial charge is 0.238 e. The van der Waals surface area contributed by atoms with Gasteiger partial charge in [-0.2, -0.15) is 0 Å². The van der Waals surface area contributed by atoms with E-state index in [1.807, 2.05) is 6.08 Å². The standard InChI is InChI=1S/C13H16BrN3O3S/c14-11-4-8-12(21-11)16-6-17(13(8)20)5-7(18)3-9-10(19)1-2-15-9/h4,6,8-10,12,15,19H,1-3,5H2/t8?,9-,10+,12?/m1/s1. The number of hydrogen-bond acceptors (Lipinski definition) is 6. The Kier molecular flexibility index (Phi) is 4.49. The summed E-state index contributed by atoms with van der Waals surface area (Å²) in [6.45, 7) is 0.746. The van der Waals surface area contributed by atoms with E-state index in [1.54, 1.807) is 0 Å². The highest BCUT2D eigenvalue weighted by Crippen LogP contribution is 2.42. The van der Waals surface area contributed by atoms with E-state index in [0.717, 1.165) is 10.4 Å². The molecule has 2 N–H and O–H groups in total. The summed E-state index contributed by atoms with van der Waals surface area (Å²) < 4.78 is 0.912. The normalized spacial score (nSPS) is 35.0. The van der Waals surface area contributed by atoms with Crippen molar-refractivity contribution in [3.63, 3.8) is 0 Å². The van der Waals surface area contributed by atoms with Gasteiger partial charge in [0.1, 0.15) is 5.37 Å². The van der Waals surface area contributed by atoms with Crippen molar-refractivity contribution in [2.45, 2.75) is 30.4 Å². The average Bonchev–Trinajstić information content (AvgIpc) is 3.00. The first-order valence-electron chi connectivity index (χ1n) is 6.85. The fraction of sp³-hybridized carbons (Fsp3) is 0.615. The summed E-state index contributed by atoms with van der Waals surface area (Å²) in [6, 6.07) is -0.196. The van der Waals surface area contributed by atoms with Crippen molar-refractivity contribution in [3.8, 4) is 0 Å². The fourth-order valence-corrected chi connectivity index (χ4v) is 4.52. The number of carbonyl (C=O) groups is 2. The molecule has 0 bridgehead atoms. The minimum atomic E-state index is -0.478. The molecule has 6 nitrogen and oxygen atoms in total. The van der Waals surface area contributed by atoms with Crippen LogP contribution in [0.3, 0.4) is 0 Å². The first kappa shape index (κ1) is 15.2. The van der Waals surface area contributed by atoms with E-state index in [0.29, 0.717) is 6.42 Å². The number of rotatable bonds is 4. The van der Waals surface area contributed by atoms with Gasteiger partial charge in [-0.25, -0.2) is 0 Å². The maximum absolute atomic E-state index is 12.3. The van der Waals surface area contributed by atoms with Gasteiger partial charge in [0.05, 0.1) is 24.9 Å². The van der Waals surface area contributed by atoms with Crippen molar-refractivity contribution >= 4 is 45.7 Å². The largest absolute Gasteiger partial charge is 0.391 e. The monoisotopic (exact) mass is 373 g/mol. The van der Waals surface area contributed by atoms with Crippen LogP contribution in [0.2, 0.25) is 0 Å². The number of aliphatic hydroxyl groups excluding tert-OH is 1. The second-order valence-electron chi connectivity index (χ2n) is 5.40. The number of nitrogens with one attached hydrogen (secondary N) is 1. The van der Waals surface area contributed by atoms with Crippen molar-refractivity contribution in [1.82, 2.24) is 10.2 Å². The van der Waals surface area contributed by atoms with E-state index < -0.39 is 6.10 Å². The van der Waals surface area contributed by atoms with E-state index in [1.165, 1.54) is 23.0 Å². The number of halogens is 1. The molecule has 1 saturated heterocycles. The highest BCUT2D eigenvalue weighted by Gasteiger charge is 2.38. The molecule has 0 spiro atoms. The number of amides is 1. The molecule has 2 unspecified atom stereocenters. The summed E-state index contributed by atoms with van der Waals surface area (Å²) in [7, 11) is 0. The molecule has 21 heavy (non-hydrogen) atoms. The second kappa shape index (κ2) is 6.20. The van der Waals surface area contributed by atoms with Crippen LogP contribution in [0, 0.1) is 5.92 Å². The van der Waals surface area contributed by atoms with Crippen LogP contribution >= 0.6 is 27.7 Å². The maximum atomic E-state index is 12.3. The number of aliphatic hydroxyl groups is 1. The zero-order valence-corrected chi connectivity index (χ0v) is 13.6. The first-order valence-corrected chi connectivity index (χ1v) is 8.53. The molecule has 4 atom stereocenters. The molecular formula is C13H16BrN3O3S. The summed E-state index contributed by atoms with van der Waals surface area (Å²) in [4.78, 5) is 30.1. The minimum Gasteiger partial charge on any atom is -0.391 e. The van der Waals surface area contributed by atoms with Gasteiger partial charge in [0, 0.05) is 16.3 Å². The Morgan fingerprint density at radius 1 is 1.62 bits per heavy atom. The summed E-state index contributed by atoms with van der Waals surface area (Å²) >= 11 is 4.87. The summed E-state index contributed by atoms with van der Waals surface area (Å²) in [5.74, 6) is -0.456. The molecule has 0 aromatic heterocycles. The molecular weight excluding hydrogens is 358 g/mol. The van der Waals surface area contributed by atoms with Gasteiger partial charge in [-0.15, -0.1) is 0 Å². The Hall–Kier alpha value is -0.700. The van der Waals surface area contributed by atoms with Gasteiger partial charge >= 0.3 is 0 Å². The zero-order valence-electron chi connectivity index (χ0n) is 11.2. The highest BCUT2D eigenvalue weighted by molar-refractivity contribution is 9.14. The van der Waals surface area contributed by atoms with E-state index in [4.69, 9.17) is 0 Å². The molecule has 0 saturated carbocycles. The highest BCUT2D eigenvalue weighted by atomic mass is 79.9. The second-order valence-corrected chi connectivity index (χ2v) is 7.93. The van der Waals surface area contributed by atoms with Crippen LogP contribution in [-0.4, -0.2) is 58.6 Å². The zero-order chi connectivity index (χ0) is 15.0. The van der Waals surface area contributed by atoms with Crippen LogP contribution in [0.4, 0.5) is 0 Å². The molecule has 3 aliphatic heterocycles. The number of Topliss-reactive ketones (excluding diaryl/α,β-unsaturated/α-hetero) is 1. The van der Waals surface area contributed by atoms with Gasteiger partial charge in [-0.3, -0.25) is 19.5 Å². The topological polar surface area (TPSA) is 82.0 Å². The van der Waals surface area contributed by atoms with E-state index >= 15 is 0 Å². The fourth-order valence-electron chi connectivity index (χ4n) is 2.74. The molecule has 0 radical (unpaired) electrons. The average molecular weight is 374 g/mol. The SMILES string of the molecule is O=C(C[C@H]1NCC[C@@H]1O)CN1C=NC2SC(Br)=CC2C1=O. The number of nitrogens with zero attached hydrogens (tertiary/aromatic N) is 2.